The molecular weight excluding hydrogens is 436 g/mol. The minimum atomic E-state index is 0.164. The highest BCUT2D eigenvalue weighted by Crippen LogP contribution is 2.30. The van der Waals surface area contributed by atoms with Crippen molar-refractivity contribution in [3.05, 3.63) is 90.0 Å². The van der Waals surface area contributed by atoms with Crippen LogP contribution in [0.3, 0.4) is 0 Å². The minimum Gasteiger partial charge on any atom is -0.339 e. The second-order valence-electron chi connectivity index (χ2n) is 8.96. The molecule has 0 radical (unpaired) electrons. The first-order valence-corrected chi connectivity index (χ1v) is 12.0. The molecule has 0 saturated carbocycles. The molecule has 2 aromatic heterocycles. The Hall–Kier alpha value is -4.26. The summed E-state index contributed by atoms with van der Waals surface area (Å²) in [4.78, 5) is 22.2. The van der Waals surface area contributed by atoms with Crippen molar-refractivity contribution in [1.29, 1.82) is 0 Å². The number of anilines is 1. The van der Waals surface area contributed by atoms with Crippen LogP contribution in [0.2, 0.25) is 0 Å². The summed E-state index contributed by atoms with van der Waals surface area (Å²) in [5.74, 6) is 1.77. The van der Waals surface area contributed by atoms with Crippen LogP contribution in [0.1, 0.15) is 11.1 Å². The third kappa shape index (κ3) is 3.89. The van der Waals surface area contributed by atoms with Crippen LogP contribution in [0.25, 0.3) is 27.9 Å². The van der Waals surface area contributed by atoms with Gasteiger partial charge in [-0.25, -0.2) is 9.38 Å². The first-order valence-electron chi connectivity index (χ1n) is 12.0. The molecule has 0 aliphatic carbocycles. The fraction of sp³-hybridized carbons (Fsp3) is 0.214. The van der Waals surface area contributed by atoms with Gasteiger partial charge in [0.15, 0.2) is 11.5 Å². The predicted octanol–water partition coefficient (Wildman–Crippen LogP) is 4.14. The molecule has 0 bridgehead atoms. The van der Waals surface area contributed by atoms with Crippen molar-refractivity contribution in [2.24, 2.45) is 0 Å². The molecule has 1 amide bonds. The van der Waals surface area contributed by atoms with Gasteiger partial charge in [-0.3, -0.25) is 4.79 Å². The highest BCUT2D eigenvalue weighted by molar-refractivity contribution is 5.93. The number of para-hydroxylation sites is 1. The van der Waals surface area contributed by atoms with Crippen LogP contribution in [0.5, 0.6) is 0 Å². The molecule has 0 spiro atoms. The molecule has 35 heavy (non-hydrogen) atoms. The maximum Gasteiger partial charge on any atom is 0.227 e. The predicted molar refractivity (Wildman–Crippen MR) is 137 cm³/mol. The summed E-state index contributed by atoms with van der Waals surface area (Å²) in [5.41, 5.74) is 4.91. The summed E-state index contributed by atoms with van der Waals surface area (Å²) in [5, 5.41) is 10.2. The standard InChI is InChI=1S/C28H26N6O/c1-20-9-5-6-12-22(20)26-30-31-27-23-13-7-8-14-24(23)29-28(34(26)27)33-17-15-32(16-18-33)25(35)19-21-10-3-2-4-11-21/h2-14H,15-19H2,1H3. The summed E-state index contributed by atoms with van der Waals surface area (Å²) in [6, 6.07) is 26.2. The van der Waals surface area contributed by atoms with Crippen molar-refractivity contribution in [3.8, 4) is 11.4 Å². The Labute approximate surface area is 203 Å². The molecule has 0 atom stereocenters. The van der Waals surface area contributed by atoms with E-state index in [1.807, 2.05) is 71.6 Å². The van der Waals surface area contributed by atoms with Gasteiger partial charge >= 0.3 is 0 Å². The molecule has 5 aromatic rings. The number of amides is 1. The van der Waals surface area contributed by atoms with E-state index >= 15 is 0 Å². The van der Waals surface area contributed by atoms with Gasteiger partial charge in [-0.05, 0) is 30.2 Å². The SMILES string of the molecule is Cc1ccccc1-c1nnc2c3ccccc3nc(N3CCN(C(=O)Cc4ccccc4)CC3)n12. The Morgan fingerprint density at radius 1 is 0.829 bits per heavy atom. The van der Waals surface area contributed by atoms with Gasteiger partial charge in [0.25, 0.3) is 0 Å². The van der Waals surface area contributed by atoms with Gasteiger partial charge in [0.2, 0.25) is 11.9 Å². The Bertz CT molecular complexity index is 1520. The van der Waals surface area contributed by atoms with Crippen LogP contribution in [0.4, 0.5) is 5.95 Å². The third-order valence-corrected chi connectivity index (χ3v) is 6.73. The van der Waals surface area contributed by atoms with Crippen molar-refractivity contribution in [2.75, 3.05) is 31.1 Å². The largest absolute Gasteiger partial charge is 0.339 e. The molecular formula is C28H26N6O. The number of aromatic nitrogens is 4. The van der Waals surface area contributed by atoms with Crippen molar-refractivity contribution in [1.82, 2.24) is 24.5 Å². The van der Waals surface area contributed by atoms with Crippen LogP contribution in [-0.2, 0) is 11.2 Å². The van der Waals surface area contributed by atoms with E-state index in [9.17, 15) is 4.79 Å². The van der Waals surface area contributed by atoms with Gasteiger partial charge in [0.05, 0.1) is 11.9 Å². The second-order valence-corrected chi connectivity index (χ2v) is 8.96. The van der Waals surface area contributed by atoms with Gasteiger partial charge in [-0.2, -0.15) is 0 Å². The number of hydrogen-bond donors (Lipinski definition) is 0. The van der Waals surface area contributed by atoms with E-state index in [0.717, 1.165) is 45.0 Å². The summed E-state index contributed by atoms with van der Waals surface area (Å²) < 4.78 is 2.08. The lowest BCUT2D eigenvalue weighted by Gasteiger charge is -2.35. The molecule has 6 rings (SSSR count). The minimum absolute atomic E-state index is 0.164. The van der Waals surface area contributed by atoms with E-state index in [2.05, 4.69) is 38.6 Å². The number of benzene rings is 3. The average Bonchev–Trinajstić information content (AvgIpc) is 3.34. The molecule has 1 fully saturated rings. The topological polar surface area (TPSA) is 66.6 Å². The molecule has 7 nitrogen and oxygen atoms in total. The van der Waals surface area contributed by atoms with E-state index in [-0.39, 0.29) is 5.91 Å². The first-order chi connectivity index (χ1) is 17.2. The van der Waals surface area contributed by atoms with Gasteiger partial charge in [0.1, 0.15) is 0 Å². The van der Waals surface area contributed by atoms with Crippen LogP contribution >= 0.6 is 0 Å². The van der Waals surface area contributed by atoms with Gasteiger partial charge in [-0.15, -0.1) is 10.2 Å². The zero-order chi connectivity index (χ0) is 23.8. The fourth-order valence-electron chi connectivity index (χ4n) is 4.81. The summed E-state index contributed by atoms with van der Waals surface area (Å²) in [6.45, 7) is 4.80. The second kappa shape index (κ2) is 8.83. The van der Waals surface area contributed by atoms with Crippen LogP contribution in [-0.4, -0.2) is 56.6 Å². The van der Waals surface area contributed by atoms with Crippen LogP contribution in [0.15, 0.2) is 78.9 Å². The maximum absolute atomic E-state index is 12.9. The van der Waals surface area contributed by atoms with Gasteiger partial charge in [0, 0.05) is 37.1 Å². The molecule has 1 aliphatic heterocycles. The van der Waals surface area contributed by atoms with E-state index in [1.54, 1.807) is 0 Å². The van der Waals surface area contributed by atoms with E-state index in [1.165, 1.54) is 0 Å². The van der Waals surface area contributed by atoms with Crippen molar-refractivity contribution in [2.45, 2.75) is 13.3 Å². The summed E-state index contributed by atoms with van der Waals surface area (Å²) in [7, 11) is 0. The summed E-state index contributed by atoms with van der Waals surface area (Å²) in [6.07, 6.45) is 0.433. The average molecular weight is 463 g/mol. The van der Waals surface area contributed by atoms with Gasteiger partial charge in [-0.1, -0.05) is 66.7 Å². The lowest BCUT2D eigenvalue weighted by molar-refractivity contribution is -0.130. The van der Waals surface area contributed by atoms with E-state index in [4.69, 9.17) is 4.98 Å². The number of fused-ring (bicyclic) bond motifs is 3. The molecule has 0 N–H and O–H groups in total. The Kier molecular flexibility index (Phi) is 5.37. The highest BCUT2D eigenvalue weighted by atomic mass is 16.2. The summed E-state index contributed by atoms with van der Waals surface area (Å²) >= 11 is 0. The number of carbonyl (C=O) groups is 1. The Morgan fingerprint density at radius 3 is 2.34 bits per heavy atom. The lowest BCUT2D eigenvalue weighted by atomic mass is 10.1. The van der Waals surface area contributed by atoms with E-state index < -0.39 is 0 Å². The van der Waals surface area contributed by atoms with Crippen molar-refractivity contribution in [3.63, 3.8) is 0 Å². The molecule has 1 saturated heterocycles. The zero-order valence-corrected chi connectivity index (χ0v) is 19.6. The maximum atomic E-state index is 12.9. The smallest absolute Gasteiger partial charge is 0.227 e. The van der Waals surface area contributed by atoms with Crippen LogP contribution < -0.4 is 4.90 Å². The number of piperazine rings is 1. The number of rotatable bonds is 4. The quantitative estimate of drug-likeness (QED) is 0.402. The van der Waals surface area contributed by atoms with Crippen molar-refractivity contribution >= 4 is 28.4 Å². The molecule has 3 aromatic carbocycles. The molecule has 1 aliphatic rings. The fourth-order valence-corrected chi connectivity index (χ4v) is 4.81. The van der Waals surface area contributed by atoms with E-state index in [0.29, 0.717) is 32.6 Å². The molecule has 3 heterocycles. The number of hydrogen-bond acceptors (Lipinski definition) is 5. The lowest BCUT2D eigenvalue weighted by Crippen LogP contribution is -2.50. The Balaban J connectivity index is 1.35. The van der Waals surface area contributed by atoms with Crippen molar-refractivity contribution < 1.29 is 4.79 Å². The molecule has 174 valence electrons. The normalized spacial score (nSPS) is 14.1. The third-order valence-electron chi connectivity index (χ3n) is 6.73. The molecule has 7 heteroatoms. The number of aryl methyl sites for hydroxylation is 1. The Morgan fingerprint density at radius 2 is 1.54 bits per heavy atom. The highest BCUT2D eigenvalue weighted by Gasteiger charge is 2.26. The van der Waals surface area contributed by atoms with Gasteiger partial charge < -0.3 is 9.80 Å². The zero-order valence-electron chi connectivity index (χ0n) is 19.6. The monoisotopic (exact) mass is 462 g/mol. The number of nitrogens with zero attached hydrogens (tertiary/aromatic N) is 6. The first kappa shape index (κ1) is 21.3. The number of carbonyl (C=O) groups excluding carboxylic acids is 1. The van der Waals surface area contributed by atoms with Crippen LogP contribution in [0, 0.1) is 6.92 Å². The molecule has 0 unspecified atom stereocenters.